The lowest BCUT2D eigenvalue weighted by Crippen LogP contribution is -2.28. The van der Waals surface area contributed by atoms with Crippen LogP contribution in [0, 0.1) is 5.92 Å². The second kappa shape index (κ2) is 8.35. The lowest BCUT2D eigenvalue weighted by molar-refractivity contribution is -0.124. The van der Waals surface area contributed by atoms with Gasteiger partial charge in [0, 0.05) is 25.6 Å². The SMILES string of the molecule is CNc1nc2oc(-c3cccc(C(N)C(=O)C4CCCCCC4)c3)nc2c2c1ncn2C. The maximum Gasteiger partial charge on any atom is 0.251 e. The van der Waals surface area contributed by atoms with Crippen LogP contribution in [0.4, 0.5) is 5.82 Å². The average Bonchev–Trinajstić information content (AvgIpc) is 3.30. The van der Waals surface area contributed by atoms with Gasteiger partial charge in [0.1, 0.15) is 11.0 Å². The molecule has 1 unspecified atom stereocenters. The Morgan fingerprint density at radius 2 is 1.97 bits per heavy atom. The number of nitrogens with two attached hydrogens (primary N) is 1. The third kappa shape index (κ3) is 3.54. The summed E-state index contributed by atoms with van der Waals surface area (Å²) in [5.41, 5.74) is 10.7. The maximum atomic E-state index is 13.1. The van der Waals surface area contributed by atoms with Gasteiger partial charge in [0.2, 0.25) is 5.89 Å². The van der Waals surface area contributed by atoms with Gasteiger partial charge in [0.05, 0.1) is 12.4 Å². The van der Waals surface area contributed by atoms with Gasteiger partial charge in [-0.05, 0) is 30.5 Å². The van der Waals surface area contributed by atoms with Gasteiger partial charge in [-0.1, -0.05) is 37.8 Å². The molecule has 8 heteroatoms. The predicted molar refractivity (Wildman–Crippen MR) is 124 cm³/mol. The van der Waals surface area contributed by atoms with E-state index in [-0.39, 0.29) is 11.7 Å². The van der Waals surface area contributed by atoms with Gasteiger partial charge in [0.25, 0.3) is 5.71 Å². The fourth-order valence-electron chi connectivity index (χ4n) is 4.72. The topological polar surface area (TPSA) is 112 Å². The summed E-state index contributed by atoms with van der Waals surface area (Å²) in [7, 11) is 3.72. The molecule has 3 N–H and O–H groups in total. The summed E-state index contributed by atoms with van der Waals surface area (Å²) in [6.45, 7) is 0. The number of ketones is 1. The minimum Gasteiger partial charge on any atom is -0.418 e. The molecule has 1 aliphatic carbocycles. The Morgan fingerprint density at radius 1 is 1.19 bits per heavy atom. The summed E-state index contributed by atoms with van der Waals surface area (Å²) in [5.74, 6) is 1.28. The number of aromatic nitrogens is 4. The number of pyridine rings is 1. The number of imidazole rings is 1. The normalized spacial score (nSPS) is 16.3. The van der Waals surface area contributed by atoms with Crippen molar-refractivity contribution in [3.8, 4) is 11.5 Å². The number of nitrogens with zero attached hydrogens (tertiary/aromatic N) is 4. The number of hydrogen-bond donors (Lipinski definition) is 2. The molecule has 0 bridgehead atoms. The van der Waals surface area contributed by atoms with Gasteiger partial charge < -0.3 is 20.0 Å². The fraction of sp³-hybridized carbons (Fsp3) is 0.417. The highest BCUT2D eigenvalue weighted by Gasteiger charge is 2.27. The minimum absolute atomic E-state index is 0.0581. The number of oxazole rings is 1. The van der Waals surface area contributed by atoms with E-state index in [0.29, 0.717) is 22.9 Å². The molecule has 0 aliphatic heterocycles. The lowest BCUT2D eigenvalue weighted by atomic mass is 9.88. The number of anilines is 1. The van der Waals surface area contributed by atoms with Crippen LogP contribution >= 0.6 is 0 Å². The molecule has 1 fully saturated rings. The molecule has 0 spiro atoms. The first kappa shape index (κ1) is 20.6. The number of Topliss-reactive ketones (excluding diaryl/α,β-unsaturated/α-hetero) is 1. The smallest absolute Gasteiger partial charge is 0.251 e. The van der Waals surface area contributed by atoms with Gasteiger partial charge in [-0.15, -0.1) is 0 Å². The summed E-state index contributed by atoms with van der Waals surface area (Å²) in [6, 6.07) is 6.98. The third-order valence-electron chi connectivity index (χ3n) is 6.50. The highest BCUT2D eigenvalue weighted by Crippen LogP contribution is 2.33. The van der Waals surface area contributed by atoms with E-state index in [2.05, 4.69) is 15.3 Å². The first-order valence-electron chi connectivity index (χ1n) is 11.3. The third-order valence-corrected chi connectivity index (χ3v) is 6.50. The number of fused-ring (bicyclic) bond motifs is 3. The van der Waals surface area contributed by atoms with Crippen molar-refractivity contribution < 1.29 is 9.21 Å². The number of hydrogen-bond acceptors (Lipinski definition) is 7. The van der Waals surface area contributed by atoms with E-state index < -0.39 is 6.04 Å². The van der Waals surface area contributed by atoms with E-state index in [4.69, 9.17) is 15.1 Å². The van der Waals surface area contributed by atoms with Gasteiger partial charge in [0.15, 0.2) is 17.1 Å². The Morgan fingerprint density at radius 3 is 2.72 bits per heavy atom. The van der Waals surface area contributed by atoms with E-state index in [9.17, 15) is 4.79 Å². The van der Waals surface area contributed by atoms with Crippen LogP contribution in [-0.2, 0) is 11.8 Å². The van der Waals surface area contributed by atoms with Crippen LogP contribution in [-0.4, -0.2) is 32.3 Å². The van der Waals surface area contributed by atoms with Crippen LogP contribution in [0.25, 0.3) is 33.7 Å². The number of rotatable bonds is 5. The zero-order chi connectivity index (χ0) is 22.2. The molecule has 1 aliphatic rings. The van der Waals surface area contributed by atoms with Crippen LogP contribution in [0.5, 0.6) is 0 Å². The molecule has 3 heterocycles. The van der Waals surface area contributed by atoms with E-state index in [1.807, 2.05) is 35.9 Å². The van der Waals surface area contributed by atoms with Crippen molar-refractivity contribution in [2.24, 2.45) is 18.7 Å². The molecule has 4 aromatic rings. The van der Waals surface area contributed by atoms with Crippen LogP contribution in [0.2, 0.25) is 0 Å². The van der Waals surface area contributed by atoms with Crippen LogP contribution < -0.4 is 11.1 Å². The lowest BCUT2D eigenvalue weighted by Gasteiger charge is -2.18. The molecular weight excluding hydrogens is 404 g/mol. The number of benzene rings is 1. The predicted octanol–water partition coefficient (Wildman–Crippen LogP) is 4.36. The molecule has 8 nitrogen and oxygen atoms in total. The standard InChI is InChI=1S/C24H28N6O2/c1-26-22-18-20(30(2)13-27-18)19-24(29-22)32-23(28-19)16-11-7-10-15(12-16)17(25)21(31)14-8-5-3-4-6-9-14/h7,10-14,17H,3-6,8-9,25H2,1-2H3,(H,26,29). The minimum atomic E-state index is -0.639. The number of carbonyl (C=O) groups is 1. The highest BCUT2D eigenvalue weighted by atomic mass is 16.4. The zero-order valence-electron chi connectivity index (χ0n) is 18.5. The fourth-order valence-corrected chi connectivity index (χ4v) is 4.72. The van der Waals surface area contributed by atoms with E-state index in [1.165, 1.54) is 12.8 Å². The van der Waals surface area contributed by atoms with Crippen molar-refractivity contribution in [1.82, 2.24) is 19.5 Å². The van der Waals surface area contributed by atoms with E-state index >= 15 is 0 Å². The summed E-state index contributed by atoms with van der Waals surface area (Å²) in [6.07, 6.45) is 8.25. The first-order valence-corrected chi connectivity index (χ1v) is 11.3. The first-order chi connectivity index (χ1) is 15.6. The number of carbonyl (C=O) groups excluding carboxylic acids is 1. The van der Waals surface area contributed by atoms with E-state index in [1.54, 1.807) is 13.4 Å². The number of aryl methyl sites for hydroxylation is 1. The van der Waals surface area contributed by atoms with Crippen molar-refractivity contribution in [3.05, 3.63) is 36.2 Å². The second-order valence-electron chi connectivity index (χ2n) is 8.63. The average molecular weight is 433 g/mol. The molecule has 32 heavy (non-hydrogen) atoms. The van der Waals surface area contributed by atoms with Gasteiger partial charge in [-0.2, -0.15) is 4.98 Å². The molecular formula is C24H28N6O2. The summed E-state index contributed by atoms with van der Waals surface area (Å²) in [5, 5.41) is 3.07. The van der Waals surface area contributed by atoms with Crippen molar-refractivity contribution in [1.29, 1.82) is 0 Å². The Labute approximate surface area is 186 Å². The molecule has 3 aromatic heterocycles. The summed E-state index contributed by atoms with van der Waals surface area (Å²) in [4.78, 5) is 26.8. The molecule has 1 atom stereocenters. The Bertz CT molecular complexity index is 1280. The van der Waals surface area contributed by atoms with Crippen molar-refractivity contribution in [2.45, 2.75) is 44.6 Å². The van der Waals surface area contributed by atoms with Crippen molar-refractivity contribution in [2.75, 3.05) is 12.4 Å². The van der Waals surface area contributed by atoms with Crippen molar-refractivity contribution >= 4 is 33.9 Å². The van der Waals surface area contributed by atoms with Crippen LogP contribution in [0.3, 0.4) is 0 Å². The van der Waals surface area contributed by atoms with Crippen LogP contribution in [0.1, 0.15) is 50.1 Å². The maximum absolute atomic E-state index is 13.1. The van der Waals surface area contributed by atoms with Crippen LogP contribution in [0.15, 0.2) is 35.0 Å². The van der Waals surface area contributed by atoms with Gasteiger partial charge in [-0.3, -0.25) is 4.79 Å². The molecule has 1 saturated carbocycles. The largest absolute Gasteiger partial charge is 0.418 e. The zero-order valence-corrected chi connectivity index (χ0v) is 18.5. The molecule has 0 radical (unpaired) electrons. The van der Waals surface area contributed by atoms with E-state index in [0.717, 1.165) is 47.8 Å². The monoisotopic (exact) mass is 432 g/mol. The highest BCUT2D eigenvalue weighted by molar-refractivity contribution is 6.03. The summed E-state index contributed by atoms with van der Waals surface area (Å²) < 4.78 is 7.94. The Balaban J connectivity index is 1.51. The molecule has 0 saturated heterocycles. The Kier molecular flexibility index (Phi) is 5.38. The van der Waals surface area contributed by atoms with Crippen molar-refractivity contribution in [3.63, 3.8) is 0 Å². The number of nitrogens with one attached hydrogen (secondary N) is 1. The van der Waals surface area contributed by atoms with Gasteiger partial charge >= 0.3 is 0 Å². The van der Waals surface area contributed by atoms with Gasteiger partial charge in [-0.25, -0.2) is 9.97 Å². The Hall–Kier alpha value is -3.26. The second-order valence-corrected chi connectivity index (χ2v) is 8.63. The molecule has 1 aromatic carbocycles. The quantitative estimate of drug-likeness (QED) is 0.451. The summed E-state index contributed by atoms with van der Waals surface area (Å²) >= 11 is 0. The molecule has 5 rings (SSSR count). The molecule has 0 amide bonds. The molecule has 166 valence electrons.